The highest BCUT2D eigenvalue weighted by atomic mass is 19.4. The Balaban J connectivity index is 2.39. The number of allylic oxidation sites excluding steroid dienone is 2. The molecular weight excluding hydrogens is 471 g/mol. The molecule has 2 N–H and O–H groups in total. The summed E-state index contributed by atoms with van der Waals surface area (Å²) in [5, 5.41) is 20.2. The topological polar surface area (TPSA) is 66.8 Å². The number of esters is 1. The fourth-order valence-electron chi connectivity index (χ4n) is 3.25. The number of aliphatic hydroxyl groups is 2. The van der Waals surface area contributed by atoms with E-state index in [0.29, 0.717) is 6.08 Å². The van der Waals surface area contributed by atoms with Crippen molar-refractivity contribution in [3.8, 4) is 0 Å². The Morgan fingerprint density at radius 3 is 1.77 bits per heavy atom. The molecule has 2 aromatic carbocycles. The lowest BCUT2D eigenvalue weighted by Crippen LogP contribution is -2.27. The van der Waals surface area contributed by atoms with Crippen molar-refractivity contribution in [3.05, 3.63) is 89.0 Å². The molecule has 0 amide bonds. The highest BCUT2D eigenvalue weighted by Crippen LogP contribution is 2.37. The molecule has 4 nitrogen and oxygen atoms in total. The van der Waals surface area contributed by atoms with Gasteiger partial charge in [0.15, 0.2) is 0 Å². The van der Waals surface area contributed by atoms with Crippen LogP contribution in [0.1, 0.15) is 44.7 Å². The van der Waals surface area contributed by atoms with Gasteiger partial charge in [-0.3, -0.25) is 4.79 Å². The molecule has 190 valence electrons. The van der Waals surface area contributed by atoms with Gasteiger partial charge in [0.05, 0.1) is 24.2 Å². The predicted octanol–water partition coefficient (Wildman–Crippen LogP) is 5.73. The molecule has 2 atom stereocenters. The van der Waals surface area contributed by atoms with Crippen LogP contribution in [0.25, 0.3) is 5.57 Å². The Bertz CT molecular complexity index is 1000. The summed E-state index contributed by atoms with van der Waals surface area (Å²) in [4.78, 5) is 11.8. The molecule has 0 fully saturated rings. The van der Waals surface area contributed by atoms with Crippen molar-refractivity contribution >= 4 is 11.5 Å². The van der Waals surface area contributed by atoms with E-state index >= 15 is 0 Å². The lowest BCUT2D eigenvalue weighted by atomic mass is 9.92. The lowest BCUT2D eigenvalue weighted by molar-refractivity contribution is -0.157. The predicted molar refractivity (Wildman–Crippen MR) is 121 cm³/mol. The lowest BCUT2D eigenvalue weighted by Gasteiger charge is -2.21. The van der Waals surface area contributed by atoms with Gasteiger partial charge in [0.25, 0.3) is 0 Å². The second-order valence-corrected chi connectivity index (χ2v) is 8.91. The molecule has 0 saturated heterocycles. The van der Waals surface area contributed by atoms with Gasteiger partial charge in [-0.05, 0) is 56.2 Å². The first kappa shape index (κ1) is 28.2. The van der Waals surface area contributed by atoms with Crippen LogP contribution < -0.4 is 0 Å². The summed E-state index contributed by atoms with van der Waals surface area (Å²) in [6, 6.07) is 8.64. The maximum atomic E-state index is 14.1. The van der Waals surface area contributed by atoms with Crippen LogP contribution in [0.5, 0.6) is 0 Å². The van der Waals surface area contributed by atoms with E-state index < -0.39 is 60.0 Å². The Morgan fingerprint density at radius 2 is 1.37 bits per heavy atom. The molecule has 0 heterocycles. The molecule has 2 rings (SSSR count). The first-order valence-electron chi connectivity index (χ1n) is 10.8. The zero-order valence-corrected chi connectivity index (χ0v) is 19.4. The molecule has 2 aromatic rings. The molecule has 0 aliphatic carbocycles. The number of benzene rings is 2. The minimum atomic E-state index is -4.90. The van der Waals surface area contributed by atoms with Crippen LogP contribution in [0.2, 0.25) is 0 Å². The van der Waals surface area contributed by atoms with E-state index in [1.165, 1.54) is 0 Å². The fourth-order valence-corrected chi connectivity index (χ4v) is 3.25. The first-order chi connectivity index (χ1) is 16.2. The molecule has 0 spiro atoms. The second kappa shape index (κ2) is 11.6. The fraction of sp³-hybridized carbons (Fsp3) is 0.346. The standard InChI is InChI=1S/C26H27F5O4/c1-25(2,3)35-23(34)15-21(33)14-20(32)12-13-22(26(29,30)31)24(16-4-8-18(27)9-5-16)17-6-10-19(28)11-7-17/h4-13,20-21,32-33H,14-15H2,1-3H3/b13-12+. The van der Waals surface area contributed by atoms with E-state index in [9.17, 15) is 37.0 Å². The van der Waals surface area contributed by atoms with E-state index in [1.807, 2.05) is 0 Å². The Labute approximate surface area is 200 Å². The monoisotopic (exact) mass is 498 g/mol. The van der Waals surface area contributed by atoms with Crippen LogP contribution >= 0.6 is 0 Å². The summed E-state index contributed by atoms with van der Waals surface area (Å²) < 4.78 is 74.2. The van der Waals surface area contributed by atoms with Gasteiger partial charge in [0, 0.05) is 12.0 Å². The van der Waals surface area contributed by atoms with Crippen molar-refractivity contribution < 1.29 is 41.7 Å². The third-order valence-electron chi connectivity index (χ3n) is 4.66. The summed E-state index contributed by atoms with van der Waals surface area (Å²) in [7, 11) is 0. The highest BCUT2D eigenvalue weighted by molar-refractivity contribution is 5.84. The van der Waals surface area contributed by atoms with Crippen molar-refractivity contribution in [2.24, 2.45) is 0 Å². The van der Waals surface area contributed by atoms with E-state index in [0.717, 1.165) is 54.6 Å². The smallest absolute Gasteiger partial charge is 0.417 e. The number of rotatable bonds is 8. The number of ether oxygens (including phenoxy) is 1. The van der Waals surface area contributed by atoms with Gasteiger partial charge >= 0.3 is 12.1 Å². The van der Waals surface area contributed by atoms with Crippen LogP contribution in [0.3, 0.4) is 0 Å². The summed E-state index contributed by atoms with van der Waals surface area (Å²) >= 11 is 0. The van der Waals surface area contributed by atoms with Crippen molar-refractivity contribution in [2.45, 2.75) is 57.6 Å². The average molecular weight is 498 g/mol. The van der Waals surface area contributed by atoms with Gasteiger partial charge in [-0.1, -0.05) is 36.4 Å². The third kappa shape index (κ3) is 9.26. The van der Waals surface area contributed by atoms with Crippen molar-refractivity contribution in [3.63, 3.8) is 0 Å². The molecule has 0 saturated carbocycles. The number of hydrogen-bond donors (Lipinski definition) is 2. The van der Waals surface area contributed by atoms with Crippen LogP contribution in [-0.2, 0) is 9.53 Å². The van der Waals surface area contributed by atoms with Crippen LogP contribution in [0.15, 0.2) is 66.3 Å². The van der Waals surface area contributed by atoms with Gasteiger partial charge in [0.1, 0.15) is 17.2 Å². The Hall–Kier alpha value is -3.04. The quantitative estimate of drug-likeness (QED) is 0.277. The number of alkyl halides is 3. The SMILES string of the molecule is CC(C)(C)OC(=O)CC(O)CC(O)/C=C/C(=C(c1ccc(F)cc1)c1ccc(F)cc1)C(F)(F)F. The van der Waals surface area contributed by atoms with Crippen molar-refractivity contribution in [2.75, 3.05) is 0 Å². The van der Waals surface area contributed by atoms with Crippen molar-refractivity contribution in [1.82, 2.24) is 0 Å². The molecule has 0 bridgehead atoms. The van der Waals surface area contributed by atoms with E-state index in [-0.39, 0.29) is 16.7 Å². The maximum Gasteiger partial charge on any atom is 0.417 e. The highest BCUT2D eigenvalue weighted by Gasteiger charge is 2.35. The molecule has 0 aromatic heterocycles. The summed E-state index contributed by atoms with van der Waals surface area (Å²) in [5.41, 5.74) is -2.26. The minimum Gasteiger partial charge on any atom is -0.460 e. The number of aliphatic hydroxyl groups excluding tert-OH is 2. The molecule has 9 heteroatoms. The van der Waals surface area contributed by atoms with E-state index in [1.54, 1.807) is 20.8 Å². The number of halogens is 5. The number of carbonyl (C=O) groups excluding carboxylic acids is 1. The van der Waals surface area contributed by atoms with Crippen LogP contribution in [0, 0.1) is 11.6 Å². The van der Waals surface area contributed by atoms with Crippen LogP contribution in [-0.4, -0.2) is 40.2 Å². The molecule has 2 unspecified atom stereocenters. The normalized spacial score (nSPS) is 14.0. The number of hydrogen-bond acceptors (Lipinski definition) is 4. The van der Waals surface area contributed by atoms with E-state index in [2.05, 4.69) is 0 Å². The number of carbonyl (C=O) groups is 1. The molecule has 35 heavy (non-hydrogen) atoms. The zero-order valence-electron chi connectivity index (χ0n) is 19.4. The first-order valence-corrected chi connectivity index (χ1v) is 10.8. The minimum absolute atomic E-state index is 0.0226. The van der Waals surface area contributed by atoms with Gasteiger partial charge in [-0.2, -0.15) is 13.2 Å². The van der Waals surface area contributed by atoms with Crippen molar-refractivity contribution in [1.29, 1.82) is 0 Å². The van der Waals surface area contributed by atoms with Crippen LogP contribution in [0.4, 0.5) is 22.0 Å². The third-order valence-corrected chi connectivity index (χ3v) is 4.66. The summed E-state index contributed by atoms with van der Waals surface area (Å²) in [6.45, 7) is 4.92. The summed E-state index contributed by atoms with van der Waals surface area (Å²) in [6.07, 6.45) is -7.14. The zero-order chi connectivity index (χ0) is 26.4. The molecule has 0 radical (unpaired) electrons. The van der Waals surface area contributed by atoms with Gasteiger partial charge < -0.3 is 14.9 Å². The van der Waals surface area contributed by atoms with Gasteiger partial charge in [0.2, 0.25) is 0 Å². The Morgan fingerprint density at radius 1 is 0.914 bits per heavy atom. The summed E-state index contributed by atoms with van der Waals surface area (Å²) in [5.74, 6) is -2.01. The van der Waals surface area contributed by atoms with Gasteiger partial charge in [-0.25, -0.2) is 8.78 Å². The largest absolute Gasteiger partial charge is 0.460 e. The second-order valence-electron chi connectivity index (χ2n) is 8.91. The molecule has 0 aliphatic rings. The average Bonchev–Trinajstić information content (AvgIpc) is 2.70. The molecule has 0 aliphatic heterocycles. The van der Waals surface area contributed by atoms with Gasteiger partial charge in [-0.15, -0.1) is 0 Å². The Kier molecular flexibility index (Phi) is 9.34. The van der Waals surface area contributed by atoms with E-state index in [4.69, 9.17) is 4.74 Å². The molecular formula is C26H27F5O4. The maximum absolute atomic E-state index is 14.1.